The van der Waals surface area contributed by atoms with Crippen LogP contribution in [-0.2, 0) is 0 Å². The number of halogens is 3. The van der Waals surface area contributed by atoms with Crippen molar-refractivity contribution in [3.8, 4) is 0 Å². The van der Waals surface area contributed by atoms with Gasteiger partial charge in [0.1, 0.15) is 0 Å². The quantitative estimate of drug-likeness (QED) is 0.475. The van der Waals surface area contributed by atoms with Crippen LogP contribution >= 0.6 is 12.6 Å². The van der Waals surface area contributed by atoms with Crippen LogP contribution in [0.2, 0.25) is 0 Å². The third-order valence-corrected chi connectivity index (χ3v) is 0.766. The van der Waals surface area contributed by atoms with E-state index in [0.717, 1.165) is 6.92 Å². The molecule has 0 unspecified atom stereocenters. The van der Waals surface area contributed by atoms with Crippen LogP contribution in [0.3, 0.4) is 0 Å². The molecule has 7 heavy (non-hydrogen) atoms. The maximum absolute atomic E-state index is 11.1. The van der Waals surface area contributed by atoms with Crippen LogP contribution in [0, 0.1) is 0 Å². The van der Waals surface area contributed by atoms with Crippen molar-refractivity contribution < 1.29 is 13.2 Å². The SMILES string of the molecule is C[C@@H](S)C(F)(F)F. The van der Waals surface area contributed by atoms with Crippen molar-refractivity contribution in [3.63, 3.8) is 0 Å². The van der Waals surface area contributed by atoms with Crippen LogP contribution in [0.1, 0.15) is 6.92 Å². The molecule has 0 aromatic rings. The topological polar surface area (TPSA) is 0 Å². The summed E-state index contributed by atoms with van der Waals surface area (Å²) in [6.45, 7) is 0.989. The van der Waals surface area contributed by atoms with Gasteiger partial charge < -0.3 is 0 Å². The third-order valence-electron chi connectivity index (χ3n) is 0.474. The van der Waals surface area contributed by atoms with E-state index >= 15 is 0 Å². The molecule has 0 aliphatic rings. The summed E-state index contributed by atoms with van der Waals surface area (Å²) < 4.78 is 33.3. The summed E-state index contributed by atoms with van der Waals surface area (Å²) >= 11 is 3.15. The Balaban J connectivity index is 3.54. The molecule has 0 aliphatic carbocycles. The first-order valence-electron chi connectivity index (χ1n) is 1.69. The Kier molecular flexibility index (Phi) is 1.98. The van der Waals surface area contributed by atoms with Crippen molar-refractivity contribution in [2.75, 3.05) is 0 Å². The molecule has 0 nitrogen and oxygen atoms in total. The van der Waals surface area contributed by atoms with Crippen molar-refractivity contribution in [1.29, 1.82) is 0 Å². The van der Waals surface area contributed by atoms with Gasteiger partial charge in [0.2, 0.25) is 0 Å². The molecule has 0 saturated carbocycles. The largest absolute Gasteiger partial charge is 0.400 e. The molecule has 0 aliphatic heterocycles. The summed E-state index contributed by atoms with van der Waals surface area (Å²) in [4.78, 5) is 0. The molecule has 44 valence electrons. The van der Waals surface area contributed by atoms with E-state index in [1.165, 1.54) is 0 Å². The second-order valence-corrected chi connectivity index (χ2v) is 1.99. The Morgan fingerprint density at radius 3 is 1.57 bits per heavy atom. The van der Waals surface area contributed by atoms with Gasteiger partial charge in [0.05, 0.1) is 5.25 Å². The molecule has 0 rings (SSSR count). The van der Waals surface area contributed by atoms with E-state index in [-0.39, 0.29) is 0 Å². The lowest BCUT2D eigenvalue weighted by molar-refractivity contribution is -0.124. The maximum atomic E-state index is 11.1. The number of hydrogen-bond acceptors (Lipinski definition) is 1. The normalized spacial score (nSPS) is 16.7. The van der Waals surface area contributed by atoms with Crippen molar-refractivity contribution >= 4 is 12.6 Å². The van der Waals surface area contributed by atoms with Crippen LogP contribution in [0.4, 0.5) is 13.2 Å². The third kappa shape index (κ3) is 2.79. The number of rotatable bonds is 0. The molecule has 0 aromatic heterocycles. The number of alkyl halides is 3. The highest BCUT2D eigenvalue weighted by molar-refractivity contribution is 7.81. The second-order valence-electron chi connectivity index (χ2n) is 1.22. The summed E-state index contributed by atoms with van der Waals surface area (Å²) in [7, 11) is 0. The van der Waals surface area contributed by atoms with Crippen molar-refractivity contribution in [2.45, 2.75) is 18.3 Å². The summed E-state index contributed by atoms with van der Waals surface area (Å²) in [6.07, 6.45) is -4.14. The zero-order chi connectivity index (χ0) is 6.08. The molecule has 0 amide bonds. The van der Waals surface area contributed by atoms with Crippen LogP contribution < -0.4 is 0 Å². The Morgan fingerprint density at radius 1 is 1.43 bits per heavy atom. The van der Waals surface area contributed by atoms with Gasteiger partial charge in [0, 0.05) is 0 Å². The van der Waals surface area contributed by atoms with Gasteiger partial charge in [-0.1, -0.05) is 0 Å². The van der Waals surface area contributed by atoms with Gasteiger partial charge in [0.15, 0.2) is 0 Å². The van der Waals surface area contributed by atoms with E-state index in [2.05, 4.69) is 12.6 Å². The van der Waals surface area contributed by atoms with Gasteiger partial charge in [-0.25, -0.2) is 0 Å². The van der Waals surface area contributed by atoms with Crippen molar-refractivity contribution in [1.82, 2.24) is 0 Å². The molecule has 0 heterocycles. The van der Waals surface area contributed by atoms with E-state index in [1.807, 2.05) is 0 Å². The molecule has 0 saturated heterocycles. The lowest BCUT2D eigenvalue weighted by Crippen LogP contribution is -2.19. The van der Waals surface area contributed by atoms with Crippen LogP contribution in [-0.4, -0.2) is 11.4 Å². The smallest absolute Gasteiger partial charge is 0.170 e. The molecule has 0 aromatic carbocycles. The van der Waals surface area contributed by atoms with E-state index < -0.39 is 11.4 Å². The van der Waals surface area contributed by atoms with Crippen LogP contribution in [0.5, 0.6) is 0 Å². The van der Waals surface area contributed by atoms with E-state index in [1.54, 1.807) is 0 Å². The van der Waals surface area contributed by atoms with Gasteiger partial charge in [-0.3, -0.25) is 0 Å². The zero-order valence-corrected chi connectivity index (χ0v) is 4.55. The number of thiol groups is 1. The first-order valence-corrected chi connectivity index (χ1v) is 2.21. The van der Waals surface area contributed by atoms with Crippen LogP contribution in [0.25, 0.3) is 0 Å². The van der Waals surface area contributed by atoms with Crippen molar-refractivity contribution in [3.05, 3.63) is 0 Å². The van der Waals surface area contributed by atoms with E-state index in [9.17, 15) is 13.2 Å². The fraction of sp³-hybridized carbons (Fsp3) is 1.00. The highest BCUT2D eigenvalue weighted by Gasteiger charge is 2.32. The van der Waals surface area contributed by atoms with Gasteiger partial charge in [-0.05, 0) is 6.92 Å². The van der Waals surface area contributed by atoms with Gasteiger partial charge in [-0.15, -0.1) is 0 Å². The summed E-state index contributed by atoms with van der Waals surface area (Å²) in [5.74, 6) is 0. The van der Waals surface area contributed by atoms with Gasteiger partial charge in [-0.2, -0.15) is 25.8 Å². The molecule has 0 fully saturated rings. The molecule has 0 bridgehead atoms. The minimum atomic E-state index is -4.14. The fourth-order valence-corrected chi connectivity index (χ4v) is 0. The maximum Gasteiger partial charge on any atom is 0.400 e. The lowest BCUT2D eigenvalue weighted by atomic mass is 10.5. The Labute approximate surface area is 45.1 Å². The average molecular weight is 130 g/mol. The first kappa shape index (κ1) is 7.14. The standard InChI is InChI=1S/C3H5F3S/c1-2(7)3(4,5)6/h2,7H,1H3/t2-/m1/s1. The molecule has 0 N–H and O–H groups in total. The predicted molar refractivity (Wildman–Crippen MR) is 24.5 cm³/mol. The molecule has 4 heteroatoms. The lowest BCUT2D eigenvalue weighted by Gasteiger charge is -2.06. The highest BCUT2D eigenvalue weighted by Crippen LogP contribution is 2.23. The Bertz CT molecular complexity index is 55.7. The molecular formula is C3H5F3S. The summed E-state index contributed by atoms with van der Waals surface area (Å²) in [5, 5.41) is -1.51. The Morgan fingerprint density at radius 2 is 1.57 bits per heavy atom. The highest BCUT2D eigenvalue weighted by atomic mass is 32.1. The summed E-state index contributed by atoms with van der Waals surface area (Å²) in [6, 6.07) is 0. The fourth-order valence-electron chi connectivity index (χ4n) is 0. The average Bonchev–Trinajstić information content (AvgIpc) is 1.31. The van der Waals surface area contributed by atoms with Gasteiger partial charge in [0.25, 0.3) is 0 Å². The second kappa shape index (κ2) is 1.94. The van der Waals surface area contributed by atoms with Crippen LogP contribution in [0.15, 0.2) is 0 Å². The Hall–Kier alpha value is 0.140. The first-order chi connectivity index (χ1) is 2.94. The van der Waals surface area contributed by atoms with Gasteiger partial charge >= 0.3 is 6.18 Å². The molecule has 0 spiro atoms. The minimum Gasteiger partial charge on any atom is -0.170 e. The van der Waals surface area contributed by atoms with E-state index in [4.69, 9.17) is 0 Å². The molecule has 0 radical (unpaired) electrons. The van der Waals surface area contributed by atoms with E-state index in [0.29, 0.717) is 0 Å². The molecular weight excluding hydrogens is 125 g/mol. The molecule has 1 atom stereocenters. The summed E-state index contributed by atoms with van der Waals surface area (Å²) in [5.41, 5.74) is 0. The monoisotopic (exact) mass is 130 g/mol. The van der Waals surface area contributed by atoms with Crippen molar-refractivity contribution in [2.24, 2.45) is 0 Å². The minimum absolute atomic E-state index is 0.989. The number of hydrogen-bond donors (Lipinski definition) is 1. The predicted octanol–water partition coefficient (Wildman–Crippen LogP) is 1.87. The zero-order valence-electron chi connectivity index (χ0n) is 3.66.